The highest BCUT2D eigenvalue weighted by Crippen LogP contribution is 2.36. The van der Waals surface area contributed by atoms with Crippen molar-refractivity contribution in [2.45, 2.75) is 65.3 Å². The Morgan fingerprint density at radius 3 is 2.09 bits per heavy atom. The second-order valence-electron chi connectivity index (χ2n) is 7.86. The number of halogens is 1. The van der Waals surface area contributed by atoms with Crippen LogP contribution in [-0.2, 0) is 14.0 Å². The van der Waals surface area contributed by atoms with Crippen molar-refractivity contribution in [3.05, 3.63) is 27.3 Å². The zero-order valence-electron chi connectivity index (χ0n) is 14.8. The Morgan fingerprint density at radius 2 is 1.61 bits per heavy atom. The van der Waals surface area contributed by atoms with E-state index in [1.165, 1.54) is 0 Å². The van der Waals surface area contributed by atoms with E-state index in [0.717, 1.165) is 9.03 Å². The molecule has 1 fully saturated rings. The van der Waals surface area contributed by atoms with E-state index in [0.29, 0.717) is 5.56 Å². The van der Waals surface area contributed by atoms with Crippen molar-refractivity contribution in [3.63, 3.8) is 0 Å². The van der Waals surface area contributed by atoms with Crippen molar-refractivity contribution >= 4 is 41.1 Å². The van der Waals surface area contributed by atoms with Gasteiger partial charge in [-0.05, 0) is 94.7 Å². The molecule has 126 valence electrons. The van der Waals surface area contributed by atoms with Crippen molar-refractivity contribution in [2.24, 2.45) is 0 Å². The molecule has 0 aromatic heterocycles. The molecule has 2 rings (SSSR count). The van der Waals surface area contributed by atoms with Crippen LogP contribution < -0.4 is 5.46 Å². The molecule has 0 spiro atoms. The summed E-state index contributed by atoms with van der Waals surface area (Å²) in [6.07, 6.45) is 0. The Labute approximate surface area is 152 Å². The Balaban J connectivity index is 2.30. The molecule has 1 saturated heterocycles. The van der Waals surface area contributed by atoms with Crippen molar-refractivity contribution in [2.75, 3.05) is 0 Å². The van der Waals surface area contributed by atoms with E-state index in [1.54, 1.807) is 6.07 Å². The molecule has 0 bridgehead atoms. The first kappa shape index (κ1) is 18.7. The van der Waals surface area contributed by atoms with Crippen LogP contribution in [0.4, 0.5) is 0 Å². The second-order valence-corrected chi connectivity index (χ2v) is 9.11. The maximum absolute atomic E-state index is 12.3. The molecular weight excluding hydrogens is 406 g/mol. The van der Waals surface area contributed by atoms with Crippen molar-refractivity contribution in [1.29, 1.82) is 0 Å². The molecule has 1 aromatic rings. The van der Waals surface area contributed by atoms with Gasteiger partial charge in [-0.15, -0.1) is 0 Å². The Hall–Kier alpha value is -0.595. The average Bonchev–Trinajstić information content (AvgIpc) is 2.55. The summed E-state index contributed by atoms with van der Waals surface area (Å²) in [5.41, 5.74) is -0.00761. The third kappa shape index (κ3) is 4.28. The van der Waals surface area contributed by atoms with Crippen LogP contribution in [0, 0.1) is 3.57 Å². The van der Waals surface area contributed by atoms with Gasteiger partial charge in [0.15, 0.2) is 0 Å². The second kappa shape index (κ2) is 6.04. The fraction of sp³-hybridized carbons (Fsp3) is 0.588. The van der Waals surface area contributed by atoms with E-state index in [2.05, 4.69) is 22.6 Å². The molecule has 0 N–H and O–H groups in total. The predicted molar refractivity (Wildman–Crippen MR) is 100 cm³/mol. The molecule has 0 amide bonds. The number of rotatable bonds is 2. The molecule has 0 aliphatic carbocycles. The molecule has 4 nitrogen and oxygen atoms in total. The predicted octanol–water partition coefficient (Wildman–Crippen LogP) is 3.55. The summed E-state index contributed by atoms with van der Waals surface area (Å²) in [6.45, 7) is 13.6. The monoisotopic (exact) mass is 430 g/mol. The standard InChI is InChI=1S/C17H24BIO4/c1-15(2,3)21-14(20)11-8-12(10-13(19)9-11)18-22-16(4,5)17(6,7)23-18/h8-10H,1-7H3. The first-order valence-corrected chi connectivity index (χ1v) is 8.78. The largest absolute Gasteiger partial charge is 0.494 e. The molecule has 1 heterocycles. The van der Waals surface area contributed by atoms with Gasteiger partial charge in [-0.25, -0.2) is 4.79 Å². The molecule has 23 heavy (non-hydrogen) atoms. The first-order chi connectivity index (χ1) is 10.3. The minimum absolute atomic E-state index is 0.339. The minimum atomic E-state index is -0.525. The van der Waals surface area contributed by atoms with E-state index in [-0.39, 0.29) is 5.97 Å². The van der Waals surface area contributed by atoms with Crippen LogP contribution in [0.1, 0.15) is 58.8 Å². The number of hydrogen-bond donors (Lipinski definition) is 0. The number of ether oxygens (including phenoxy) is 1. The van der Waals surface area contributed by atoms with Gasteiger partial charge in [-0.2, -0.15) is 0 Å². The third-order valence-corrected chi connectivity index (χ3v) is 4.70. The summed E-state index contributed by atoms with van der Waals surface area (Å²) >= 11 is 2.19. The molecule has 0 radical (unpaired) electrons. The van der Waals surface area contributed by atoms with Gasteiger partial charge in [0.2, 0.25) is 0 Å². The van der Waals surface area contributed by atoms with Gasteiger partial charge in [0.05, 0.1) is 16.8 Å². The van der Waals surface area contributed by atoms with E-state index < -0.39 is 23.9 Å². The number of hydrogen-bond acceptors (Lipinski definition) is 4. The number of esters is 1. The summed E-state index contributed by atoms with van der Waals surface area (Å²) < 4.78 is 18.5. The smallest absolute Gasteiger partial charge is 0.456 e. The molecular formula is C17H24BIO4. The first-order valence-electron chi connectivity index (χ1n) is 7.70. The molecule has 0 unspecified atom stereocenters. The highest BCUT2D eigenvalue weighted by atomic mass is 127. The molecule has 1 aliphatic heterocycles. The van der Waals surface area contributed by atoms with Crippen LogP contribution in [-0.4, -0.2) is 29.9 Å². The zero-order chi connectivity index (χ0) is 17.6. The van der Waals surface area contributed by atoms with Crippen LogP contribution >= 0.6 is 22.6 Å². The summed E-state index contributed by atoms with van der Waals surface area (Å²) in [5, 5.41) is 0. The molecule has 0 atom stereocenters. The summed E-state index contributed by atoms with van der Waals surface area (Å²) in [6, 6.07) is 5.57. The van der Waals surface area contributed by atoms with Gasteiger partial charge in [0, 0.05) is 3.57 Å². The molecule has 0 saturated carbocycles. The SMILES string of the molecule is CC(C)(C)OC(=O)c1cc(I)cc(B2OC(C)(C)C(C)(C)O2)c1. The van der Waals surface area contributed by atoms with E-state index in [1.807, 2.05) is 60.6 Å². The van der Waals surface area contributed by atoms with E-state index in [9.17, 15) is 4.79 Å². The number of carbonyl (C=O) groups is 1. The molecule has 1 aromatic carbocycles. The highest BCUT2D eigenvalue weighted by Gasteiger charge is 2.51. The lowest BCUT2D eigenvalue weighted by Crippen LogP contribution is -2.41. The van der Waals surface area contributed by atoms with Crippen molar-refractivity contribution < 1.29 is 18.8 Å². The maximum Gasteiger partial charge on any atom is 0.494 e. The van der Waals surface area contributed by atoms with Crippen molar-refractivity contribution in [3.8, 4) is 0 Å². The lowest BCUT2D eigenvalue weighted by molar-refractivity contribution is 0.00578. The van der Waals surface area contributed by atoms with Gasteiger partial charge in [0.1, 0.15) is 5.60 Å². The lowest BCUT2D eigenvalue weighted by atomic mass is 9.78. The maximum atomic E-state index is 12.3. The van der Waals surface area contributed by atoms with Gasteiger partial charge >= 0.3 is 13.1 Å². The third-order valence-electron chi connectivity index (χ3n) is 4.08. The van der Waals surface area contributed by atoms with Crippen LogP contribution in [0.5, 0.6) is 0 Å². The van der Waals surface area contributed by atoms with Crippen LogP contribution in [0.15, 0.2) is 18.2 Å². The van der Waals surface area contributed by atoms with Gasteiger partial charge < -0.3 is 14.0 Å². The lowest BCUT2D eigenvalue weighted by Gasteiger charge is -2.32. The Morgan fingerprint density at radius 1 is 1.09 bits per heavy atom. The topological polar surface area (TPSA) is 44.8 Å². The Bertz CT molecular complexity index is 604. The summed E-state index contributed by atoms with van der Waals surface area (Å²) in [4.78, 5) is 12.3. The zero-order valence-corrected chi connectivity index (χ0v) is 17.0. The minimum Gasteiger partial charge on any atom is -0.456 e. The normalized spacial score (nSPS) is 19.7. The van der Waals surface area contributed by atoms with Crippen molar-refractivity contribution in [1.82, 2.24) is 0 Å². The van der Waals surface area contributed by atoms with E-state index >= 15 is 0 Å². The van der Waals surface area contributed by atoms with Gasteiger partial charge in [-0.3, -0.25) is 0 Å². The fourth-order valence-corrected chi connectivity index (χ4v) is 2.88. The summed E-state index contributed by atoms with van der Waals surface area (Å²) in [7, 11) is -0.490. The molecule has 6 heteroatoms. The quantitative estimate of drug-likeness (QED) is 0.409. The number of carbonyl (C=O) groups excluding carboxylic acids is 1. The average molecular weight is 430 g/mol. The van der Waals surface area contributed by atoms with Crippen LogP contribution in [0.3, 0.4) is 0 Å². The number of benzene rings is 1. The van der Waals surface area contributed by atoms with Gasteiger partial charge in [-0.1, -0.05) is 0 Å². The summed E-state index contributed by atoms with van der Waals surface area (Å²) in [5.74, 6) is -0.339. The highest BCUT2D eigenvalue weighted by molar-refractivity contribution is 14.1. The van der Waals surface area contributed by atoms with Crippen LogP contribution in [0.25, 0.3) is 0 Å². The Kier molecular flexibility index (Phi) is 4.92. The fourth-order valence-electron chi connectivity index (χ4n) is 2.18. The van der Waals surface area contributed by atoms with Gasteiger partial charge in [0.25, 0.3) is 0 Å². The van der Waals surface area contributed by atoms with E-state index in [4.69, 9.17) is 14.0 Å². The molecule has 1 aliphatic rings. The van der Waals surface area contributed by atoms with Crippen LogP contribution in [0.2, 0.25) is 0 Å².